The highest BCUT2D eigenvalue weighted by molar-refractivity contribution is 6.31. The lowest BCUT2D eigenvalue weighted by molar-refractivity contribution is -0.117. The highest BCUT2D eigenvalue weighted by Crippen LogP contribution is 2.44. The molecule has 7 nitrogen and oxygen atoms in total. The fraction of sp³-hybridized carbons (Fsp3) is 0.160. The number of carbonyl (C=O) groups is 3. The molecule has 1 unspecified atom stereocenters. The first kappa shape index (κ1) is 22.4. The second kappa shape index (κ2) is 9.34. The average Bonchev–Trinajstić information content (AvgIpc) is 3.12. The number of carboxylic acids is 1. The topological polar surface area (TPSA) is 105 Å². The van der Waals surface area contributed by atoms with Gasteiger partial charge in [-0.2, -0.15) is 0 Å². The number of hydrogen-bond acceptors (Lipinski definition) is 4. The molecule has 33 heavy (non-hydrogen) atoms. The molecule has 3 N–H and O–H groups in total. The molecule has 0 aliphatic heterocycles. The molecule has 0 spiro atoms. The van der Waals surface area contributed by atoms with E-state index in [0.717, 1.165) is 22.3 Å². The Morgan fingerprint density at radius 3 is 2.21 bits per heavy atom. The van der Waals surface area contributed by atoms with Crippen molar-refractivity contribution in [3.63, 3.8) is 0 Å². The van der Waals surface area contributed by atoms with Crippen LogP contribution in [0, 0.1) is 0 Å². The maximum Gasteiger partial charge on any atom is 0.407 e. The molecule has 2 amide bonds. The second-order valence-corrected chi connectivity index (χ2v) is 8.11. The van der Waals surface area contributed by atoms with Crippen molar-refractivity contribution >= 4 is 35.3 Å². The summed E-state index contributed by atoms with van der Waals surface area (Å²) in [6.45, 7) is 1.60. The largest absolute Gasteiger partial charge is 0.478 e. The van der Waals surface area contributed by atoms with Crippen LogP contribution in [0.1, 0.15) is 34.3 Å². The summed E-state index contributed by atoms with van der Waals surface area (Å²) < 4.78 is 5.45. The predicted octanol–water partition coefficient (Wildman–Crippen LogP) is 4.90. The molecule has 8 heteroatoms. The zero-order valence-corrected chi connectivity index (χ0v) is 18.4. The van der Waals surface area contributed by atoms with Crippen LogP contribution in [0.5, 0.6) is 0 Å². The Hall–Kier alpha value is -3.84. The second-order valence-electron chi connectivity index (χ2n) is 7.68. The lowest BCUT2D eigenvalue weighted by atomic mass is 9.98. The van der Waals surface area contributed by atoms with Crippen LogP contribution in [0.4, 0.5) is 10.5 Å². The highest BCUT2D eigenvalue weighted by atomic mass is 35.5. The van der Waals surface area contributed by atoms with Gasteiger partial charge in [-0.05, 0) is 47.4 Å². The Morgan fingerprint density at radius 2 is 1.61 bits per heavy atom. The van der Waals surface area contributed by atoms with Crippen LogP contribution in [-0.4, -0.2) is 35.7 Å². The fourth-order valence-electron chi connectivity index (χ4n) is 3.93. The molecule has 0 aromatic heterocycles. The van der Waals surface area contributed by atoms with Gasteiger partial charge in [-0.15, -0.1) is 0 Å². The molecule has 0 bridgehead atoms. The van der Waals surface area contributed by atoms with Crippen LogP contribution in [0.3, 0.4) is 0 Å². The van der Waals surface area contributed by atoms with Crippen LogP contribution < -0.4 is 10.6 Å². The molecule has 0 saturated carbocycles. The fourth-order valence-corrected chi connectivity index (χ4v) is 4.10. The number of rotatable bonds is 6. The summed E-state index contributed by atoms with van der Waals surface area (Å²) in [4.78, 5) is 36.3. The first-order chi connectivity index (χ1) is 15.8. The minimum atomic E-state index is -1.23. The van der Waals surface area contributed by atoms with E-state index >= 15 is 0 Å². The number of aromatic carboxylic acids is 1. The first-order valence-corrected chi connectivity index (χ1v) is 10.7. The van der Waals surface area contributed by atoms with Crippen molar-refractivity contribution in [2.45, 2.75) is 18.9 Å². The van der Waals surface area contributed by atoms with Gasteiger partial charge in [0.15, 0.2) is 0 Å². The minimum absolute atomic E-state index is 0.0816. The van der Waals surface area contributed by atoms with E-state index in [1.165, 1.54) is 25.1 Å². The van der Waals surface area contributed by atoms with Crippen LogP contribution in [0.2, 0.25) is 5.02 Å². The Balaban J connectivity index is 1.38. The highest BCUT2D eigenvalue weighted by Gasteiger charge is 2.29. The van der Waals surface area contributed by atoms with E-state index in [0.29, 0.717) is 0 Å². The number of hydrogen-bond donors (Lipinski definition) is 3. The number of fused-ring (bicyclic) bond motifs is 3. The molecule has 1 aliphatic carbocycles. The SMILES string of the molecule is CC(NC(=O)OCC1c2ccccc2-c2ccccc21)C(=O)Nc1ccc(Cl)cc1C(=O)O. The van der Waals surface area contributed by atoms with Gasteiger partial charge in [0.05, 0.1) is 11.3 Å². The van der Waals surface area contributed by atoms with E-state index in [2.05, 4.69) is 10.6 Å². The van der Waals surface area contributed by atoms with Crippen LogP contribution in [-0.2, 0) is 9.53 Å². The number of alkyl carbamates (subject to hydrolysis) is 1. The van der Waals surface area contributed by atoms with E-state index in [4.69, 9.17) is 16.3 Å². The van der Waals surface area contributed by atoms with Gasteiger partial charge in [0.2, 0.25) is 5.91 Å². The third-order valence-electron chi connectivity index (χ3n) is 5.54. The van der Waals surface area contributed by atoms with Crippen LogP contribution in [0.25, 0.3) is 11.1 Å². The molecule has 0 heterocycles. The summed E-state index contributed by atoms with van der Waals surface area (Å²) in [6.07, 6.45) is -0.742. The number of anilines is 1. The lowest BCUT2D eigenvalue weighted by Gasteiger charge is -2.17. The summed E-state index contributed by atoms with van der Waals surface area (Å²) in [5.74, 6) is -1.92. The quantitative estimate of drug-likeness (QED) is 0.481. The third kappa shape index (κ3) is 4.68. The number of halogens is 1. The molecule has 3 aromatic carbocycles. The first-order valence-electron chi connectivity index (χ1n) is 10.3. The lowest BCUT2D eigenvalue weighted by Crippen LogP contribution is -2.42. The maximum atomic E-state index is 12.5. The maximum absolute atomic E-state index is 12.5. The van der Waals surface area contributed by atoms with Crippen molar-refractivity contribution in [1.29, 1.82) is 0 Å². The molecule has 1 aliphatic rings. The molecule has 0 saturated heterocycles. The molecular formula is C25H21ClN2O5. The van der Waals surface area contributed by atoms with Gasteiger partial charge in [0.1, 0.15) is 12.6 Å². The Bertz CT molecular complexity index is 1200. The number of amides is 2. The zero-order chi connectivity index (χ0) is 23.5. The van der Waals surface area contributed by atoms with Gasteiger partial charge in [-0.1, -0.05) is 60.1 Å². The zero-order valence-electron chi connectivity index (χ0n) is 17.7. The molecule has 1 atom stereocenters. The Kier molecular flexibility index (Phi) is 6.33. The number of carbonyl (C=O) groups excluding carboxylic acids is 2. The molecule has 0 fully saturated rings. The monoisotopic (exact) mass is 464 g/mol. The van der Waals surface area contributed by atoms with Crippen LogP contribution in [0.15, 0.2) is 66.7 Å². The predicted molar refractivity (Wildman–Crippen MR) is 125 cm³/mol. The van der Waals surface area contributed by atoms with E-state index < -0.39 is 24.0 Å². The minimum Gasteiger partial charge on any atom is -0.478 e. The standard InChI is InChI=1S/C25H21ClN2O5/c1-14(23(29)28-22-11-10-15(26)12-20(22)24(30)31)27-25(32)33-13-21-18-8-4-2-6-16(18)17-7-3-5-9-19(17)21/h2-12,14,21H,13H2,1H3,(H,27,32)(H,28,29)(H,30,31). The molecule has 0 radical (unpaired) electrons. The van der Waals surface area contributed by atoms with Crippen molar-refractivity contribution in [3.8, 4) is 11.1 Å². The number of nitrogens with one attached hydrogen (secondary N) is 2. The molecule has 4 rings (SSSR count). The van der Waals surface area contributed by atoms with Crippen molar-refractivity contribution in [2.24, 2.45) is 0 Å². The number of carboxylic acid groups (broad SMARTS) is 1. The van der Waals surface area contributed by atoms with Gasteiger partial charge < -0.3 is 20.5 Å². The summed E-state index contributed by atoms with van der Waals surface area (Å²) in [6, 6.07) is 19.1. The van der Waals surface area contributed by atoms with Gasteiger partial charge >= 0.3 is 12.1 Å². The van der Waals surface area contributed by atoms with Crippen molar-refractivity contribution in [3.05, 3.63) is 88.4 Å². The van der Waals surface area contributed by atoms with E-state index in [1.54, 1.807) is 0 Å². The Labute approximate surface area is 195 Å². The smallest absolute Gasteiger partial charge is 0.407 e. The van der Waals surface area contributed by atoms with E-state index in [1.807, 2.05) is 48.5 Å². The van der Waals surface area contributed by atoms with Crippen molar-refractivity contribution in [2.75, 3.05) is 11.9 Å². The molecule has 3 aromatic rings. The molecule has 168 valence electrons. The van der Waals surface area contributed by atoms with Gasteiger partial charge in [-0.25, -0.2) is 9.59 Å². The van der Waals surface area contributed by atoms with Gasteiger partial charge in [-0.3, -0.25) is 4.79 Å². The van der Waals surface area contributed by atoms with Crippen LogP contribution >= 0.6 is 11.6 Å². The van der Waals surface area contributed by atoms with Crippen molar-refractivity contribution in [1.82, 2.24) is 5.32 Å². The number of ether oxygens (including phenoxy) is 1. The average molecular weight is 465 g/mol. The summed E-state index contributed by atoms with van der Waals surface area (Å²) in [5.41, 5.74) is 4.34. The van der Waals surface area contributed by atoms with Crippen molar-refractivity contribution < 1.29 is 24.2 Å². The summed E-state index contributed by atoms with van der Waals surface area (Å²) >= 11 is 5.83. The summed E-state index contributed by atoms with van der Waals surface area (Å²) in [5, 5.41) is 14.5. The summed E-state index contributed by atoms with van der Waals surface area (Å²) in [7, 11) is 0. The van der Waals surface area contributed by atoms with E-state index in [9.17, 15) is 19.5 Å². The van der Waals surface area contributed by atoms with E-state index in [-0.39, 0.29) is 28.8 Å². The molecular weight excluding hydrogens is 444 g/mol. The third-order valence-corrected chi connectivity index (χ3v) is 5.78. The number of benzene rings is 3. The Morgan fingerprint density at radius 1 is 1.00 bits per heavy atom. The normalized spacial score (nSPS) is 12.9. The van der Waals surface area contributed by atoms with Gasteiger partial charge in [0.25, 0.3) is 0 Å². The van der Waals surface area contributed by atoms with Gasteiger partial charge in [0, 0.05) is 10.9 Å².